The van der Waals surface area contributed by atoms with Crippen molar-refractivity contribution in [2.45, 2.75) is 6.42 Å². The first-order valence-electron chi connectivity index (χ1n) is 5.77. The second-order valence-electron chi connectivity index (χ2n) is 4.23. The van der Waals surface area contributed by atoms with Gasteiger partial charge in [-0.25, -0.2) is 8.78 Å². The van der Waals surface area contributed by atoms with Crippen LogP contribution in [-0.2, 0) is 6.42 Å². The SMILES string of the molecule is Oc1cc(F)cc(F)c1CCN1CCNCC1. The van der Waals surface area contributed by atoms with Gasteiger partial charge in [-0.3, -0.25) is 0 Å². The van der Waals surface area contributed by atoms with Crippen molar-refractivity contribution < 1.29 is 13.9 Å². The molecule has 1 aromatic carbocycles. The van der Waals surface area contributed by atoms with E-state index in [1.54, 1.807) is 0 Å². The summed E-state index contributed by atoms with van der Waals surface area (Å²) >= 11 is 0. The molecule has 0 atom stereocenters. The van der Waals surface area contributed by atoms with Crippen molar-refractivity contribution in [1.29, 1.82) is 0 Å². The van der Waals surface area contributed by atoms with Gasteiger partial charge in [0.05, 0.1) is 0 Å². The standard InChI is InChI=1S/C12H16F2N2O/c13-9-7-11(14)10(12(17)8-9)1-4-16-5-2-15-3-6-16/h7-8,15,17H,1-6H2. The fourth-order valence-electron chi connectivity index (χ4n) is 2.04. The lowest BCUT2D eigenvalue weighted by molar-refractivity contribution is 0.242. The second kappa shape index (κ2) is 5.42. The number of hydrogen-bond donors (Lipinski definition) is 2. The number of halogens is 2. The summed E-state index contributed by atoms with van der Waals surface area (Å²) in [5.41, 5.74) is 0.199. The number of phenols is 1. The lowest BCUT2D eigenvalue weighted by Gasteiger charge is -2.27. The quantitative estimate of drug-likeness (QED) is 0.833. The summed E-state index contributed by atoms with van der Waals surface area (Å²) in [7, 11) is 0. The van der Waals surface area contributed by atoms with E-state index in [-0.39, 0.29) is 11.3 Å². The van der Waals surface area contributed by atoms with Crippen molar-refractivity contribution in [2.24, 2.45) is 0 Å². The van der Waals surface area contributed by atoms with E-state index >= 15 is 0 Å². The van der Waals surface area contributed by atoms with Crippen molar-refractivity contribution in [2.75, 3.05) is 32.7 Å². The maximum atomic E-state index is 13.4. The molecule has 1 saturated heterocycles. The van der Waals surface area contributed by atoms with Gasteiger partial charge in [0, 0.05) is 50.4 Å². The number of nitrogens with zero attached hydrogens (tertiary/aromatic N) is 1. The van der Waals surface area contributed by atoms with Gasteiger partial charge in [0.15, 0.2) is 0 Å². The van der Waals surface area contributed by atoms with Crippen LogP contribution in [0.15, 0.2) is 12.1 Å². The van der Waals surface area contributed by atoms with Gasteiger partial charge < -0.3 is 15.3 Å². The van der Waals surface area contributed by atoms with E-state index in [4.69, 9.17) is 0 Å². The number of phenolic OH excluding ortho intramolecular Hbond substituents is 1. The van der Waals surface area contributed by atoms with Gasteiger partial charge in [0.25, 0.3) is 0 Å². The Morgan fingerprint density at radius 1 is 1.24 bits per heavy atom. The molecule has 0 unspecified atom stereocenters. The van der Waals surface area contributed by atoms with Gasteiger partial charge >= 0.3 is 0 Å². The van der Waals surface area contributed by atoms with Gasteiger partial charge in [0.2, 0.25) is 0 Å². The Balaban J connectivity index is 1.98. The molecule has 1 heterocycles. The minimum atomic E-state index is -0.745. The molecule has 1 aromatic rings. The minimum absolute atomic E-state index is 0.199. The van der Waals surface area contributed by atoms with Crippen molar-refractivity contribution in [3.05, 3.63) is 29.3 Å². The van der Waals surface area contributed by atoms with Crippen LogP contribution in [-0.4, -0.2) is 42.7 Å². The van der Waals surface area contributed by atoms with Gasteiger partial charge in [-0.1, -0.05) is 0 Å². The average molecular weight is 242 g/mol. The van der Waals surface area contributed by atoms with Crippen LogP contribution in [0.2, 0.25) is 0 Å². The molecule has 0 aromatic heterocycles. The summed E-state index contributed by atoms with van der Waals surface area (Å²) < 4.78 is 26.2. The number of hydrogen-bond acceptors (Lipinski definition) is 3. The topological polar surface area (TPSA) is 35.5 Å². The molecule has 1 fully saturated rings. The van der Waals surface area contributed by atoms with Crippen LogP contribution in [0.5, 0.6) is 5.75 Å². The molecule has 0 aliphatic carbocycles. The van der Waals surface area contributed by atoms with E-state index < -0.39 is 11.6 Å². The van der Waals surface area contributed by atoms with E-state index in [0.29, 0.717) is 13.0 Å². The molecule has 5 heteroatoms. The molecule has 2 rings (SSSR count). The first kappa shape index (κ1) is 12.3. The lowest BCUT2D eigenvalue weighted by atomic mass is 10.1. The third-order valence-corrected chi connectivity index (χ3v) is 3.02. The summed E-state index contributed by atoms with van der Waals surface area (Å²) in [6.45, 7) is 4.38. The molecule has 3 nitrogen and oxygen atoms in total. The van der Waals surface area contributed by atoms with Crippen LogP contribution in [0, 0.1) is 11.6 Å². The Labute approximate surface area is 99.1 Å². The van der Waals surface area contributed by atoms with Gasteiger partial charge in [-0.2, -0.15) is 0 Å². The Hall–Kier alpha value is -1.20. The molecule has 0 spiro atoms. The summed E-state index contributed by atoms with van der Waals surface area (Å²) in [4.78, 5) is 2.19. The van der Waals surface area contributed by atoms with Crippen LogP contribution < -0.4 is 5.32 Å². The highest BCUT2D eigenvalue weighted by Crippen LogP contribution is 2.22. The van der Waals surface area contributed by atoms with Crippen LogP contribution >= 0.6 is 0 Å². The maximum absolute atomic E-state index is 13.4. The first-order valence-corrected chi connectivity index (χ1v) is 5.77. The van der Waals surface area contributed by atoms with Crippen molar-refractivity contribution in [3.8, 4) is 5.75 Å². The van der Waals surface area contributed by atoms with E-state index in [2.05, 4.69) is 10.2 Å². The van der Waals surface area contributed by atoms with Crippen LogP contribution in [0.25, 0.3) is 0 Å². The number of benzene rings is 1. The third kappa shape index (κ3) is 3.14. The summed E-state index contributed by atoms with van der Waals surface area (Å²) in [6, 6.07) is 1.77. The lowest BCUT2D eigenvalue weighted by Crippen LogP contribution is -2.44. The minimum Gasteiger partial charge on any atom is -0.507 e. The fourth-order valence-corrected chi connectivity index (χ4v) is 2.04. The first-order chi connectivity index (χ1) is 8.16. The fraction of sp³-hybridized carbons (Fsp3) is 0.500. The number of piperazine rings is 1. The predicted octanol–water partition coefficient (Wildman–Crippen LogP) is 1.12. The third-order valence-electron chi connectivity index (χ3n) is 3.02. The molecule has 0 saturated carbocycles. The average Bonchev–Trinajstić information content (AvgIpc) is 2.29. The molecule has 94 valence electrons. The van der Waals surface area contributed by atoms with E-state index in [0.717, 1.165) is 38.3 Å². The highest BCUT2D eigenvalue weighted by Gasteiger charge is 2.14. The summed E-state index contributed by atoms with van der Waals surface area (Å²) in [5, 5.41) is 12.7. The van der Waals surface area contributed by atoms with Gasteiger partial charge in [0.1, 0.15) is 17.4 Å². The molecule has 1 aliphatic rings. The van der Waals surface area contributed by atoms with Crippen molar-refractivity contribution in [3.63, 3.8) is 0 Å². The molecule has 0 amide bonds. The zero-order chi connectivity index (χ0) is 12.3. The molecule has 0 radical (unpaired) electrons. The van der Waals surface area contributed by atoms with E-state index in [9.17, 15) is 13.9 Å². The number of nitrogens with one attached hydrogen (secondary N) is 1. The second-order valence-corrected chi connectivity index (χ2v) is 4.23. The highest BCUT2D eigenvalue weighted by molar-refractivity contribution is 5.34. The maximum Gasteiger partial charge on any atom is 0.133 e. The summed E-state index contributed by atoms with van der Waals surface area (Å²) in [5.74, 6) is -1.71. The van der Waals surface area contributed by atoms with Crippen LogP contribution in [0.3, 0.4) is 0 Å². The Bertz CT molecular complexity index is 369. The molecule has 2 N–H and O–H groups in total. The van der Waals surface area contributed by atoms with E-state index in [1.807, 2.05) is 0 Å². The van der Waals surface area contributed by atoms with Crippen molar-refractivity contribution in [1.82, 2.24) is 10.2 Å². The molecule has 0 bridgehead atoms. The van der Waals surface area contributed by atoms with Crippen LogP contribution in [0.4, 0.5) is 8.78 Å². The van der Waals surface area contributed by atoms with Crippen LogP contribution in [0.1, 0.15) is 5.56 Å². The normalized spacial score (nSPS) is 17.3. The Morgan fingerprint density at radius 3 is 2.59 bits per heavy atom. The zero-order valence-corrected chi connectivity index (χ0v) is 9.55. The highest BCUT2D eigenvalue weighted by atomic mass is 19.1. The van der Waals surface area contributed by atoms with Gasteiger partial charge in [-0.15, -0.1) is 0 Å². The smallest absolute Gasteiger partial charge is 0.133 e. The van der Waals surface area contributed by atoms with E-state index in [1.165, 1.54) is 0 Å². The number of rotatable bonds is 3. The van der Waals surface area contributed by atoms with Crippen molar-refractivity contribution >= 4 is 0 Å². The molecule has 1 aliphatic heterocycles. The largest absolute Gasteiger partial charge is 0.507 e. The molecule has 17 heavy (non-hydrogen) atoms. The zero-order valence-electron chi connectivity index (χ0n) is 9.55. The predicted molar refractivity (Wildman–Crippen MR) is 61.0 cm³/mol. The monoisotopic (exact) mass is 242 g/mol. The van der Waals surface area contributed by atoms with Gasteiger partial charge in [-0.05, 0) is 6.42 Å². The Morgan fingerprint density at radius 2 is 1.94 bits per heavy atom. The molecular weight excluding hydrogens is 226 g/mol. The Kier molecular flexibility index (Phi) is 3.91. The molecular formula is C12H16F2N2O. The number of aromatic hydroxyl groups is 1. The summed E-state index contributed by atoms with van der Waals surface area (Å²) in [6.07, 6.45) is 0.401.